The highest BCUT2D eigenvalue weighted by Gasteiger charge is 2.39. The molecule has 0 aliphatic carbocycles. The van der Waals surface area contributed by atoms with Crippen LogP contribution in [0.15, 0.2) is 67.3 Å². The molecule has 0 heterocycles. The third kappa shape index (κ3) is 4.20. The van der Waals surface area contributed by atoms with Gasteiger partial charge in [-0.15, -0.1) is 0 Å². The van der Waals surface area contributed by atoms with Gasteiger partial charge in [0.05, 0.1) is 0 Å². The predicted molar refractivity (Wildman–Crippen MR) is 120 cm³/mol. The highest BCUT2D eigenvalue weighted by molar-refractivity contribution is 6.10. The Balaban J connectivity index is 2.04. The zero-order valence-corrected chi connectivity index (χ0v) is 17.6. The monoisotopic (exact) mass is 390 g/mol. The molecule has 3 aromatic carbocycles. The lowest BCUT2D eigenvalue weighted by molar-refractivity contribution is -0.172. The number of esters is 1. The van der Waals surface area contributed by atoms with E-state index in [-0.39, 0.29) is 12.1 Å². The van der Waals surface area contributed by atoms with E-state index in [1.54, 1.807) is 20.1 Å². The molecule has 152 valence electrons. The summed E-state index contributed by atoms with van der Waals surface area (Å²) in [5.41, 5.74) is -0.397. The van der Waals surface area contributed by atoms with E-state index in [1.807, 2.05) is 36.4 Å². The van der Waals surface area contributed by atoms with Gasteiger partial charge in [-0.1, -0.05) is 81.0 Å². The fraction of sp³-hybridized carbons (Fsp3) is 0.346. The number of hydrogen-bond donors (Lipinski definition) is 0. The third-order valence-electron chi connectivity index (χ3n) is 5.69. The maximum Gasteiger partial charge on any atom is 0.343 e. The van der Waals surface area contributed by atoms with Gasteiger partial charge >= 0.3 is 5.97 Å². The van der Waals surface area contributed by atoms with Crippen LogP contribution in [0.5, 0.6) is 0 Å². The fourth-order valence-electron chi connectivity index (χ4n) is 3.82. The van der Waals surface area contributed by atoms with Crippen molar-refractivity contribution in [3.63, 3.8) is 0 Å². The molecule has 0 spiro atoms. The number of rotatable bonds is 9. The maximum absolute atomic E-state index is 13.3. The molecular weight excluding hydrogens is 360 g/mol. The molecule has 0 aromatic heterocycles. The Bertz CT molecular complexity index is 1010. The first-order valence-corrected chi connectivity index (χ1v) is 10.3. The Labute approximate surface area is 173 Å². The van der Waals surface area contributed by atoms with E-state index in [4.69, 9.17) is 9.47 Å². The molecule has 0 unspecified atom stereocenters. The van der Waals surface area contributed by atoms with Crippen LogP contribution in [-0.2, 0) is 19.9 Å². The Hall–Kier alpha value is -2.65. The summed E-state index contributed by atoms with van der Waals surface area (Å²) in [6.45, 7) is 7.79. The first kappa shape index (κ1) is 21.1. The molecular formula is C26H30O3. The van der Waals surface area contributed by atoms with Crippen LogP contribution in [0, 0.1) is 0 Å². The van der Waals surface area contributed by atoms with Gasteiger partial charge in [-0.2, -0.15) is 0 Å². The zero-order chi connectivity index (χ0) is 20.9. The highest BCUT2D eigenvalue weighted by atomic mass is 16.6. The second kappa shape index (κ2) is 9.23. The van der Waals surface area contributed by atoms with Crippen LogP contribution in [0.3, 0.4) is 0 Å². The largest absolute Gasteiger partial charge is 0.456 e. The summed E-state index contributed by atoms with van der Waals surface area (Å²) in [5, 5.41) is 4.32. The van der Waals surface area contributed by atoms with Crippen molar-refractivity contribution < 1.29 is 14.3 Å². The Kier molecular flexibility index (Phi) is 6.71. The van der Waals surface area contributed by atoms with Gasteiger partial charge in [0, 0.05) is 12.7 Å². The average Bonchev–Trinajstić information content (AvgIpc) is 2.77. The van der Waals surface area contributed by atoms with Crippen molar-refractivity contribution in [2.24, 2.45) is 0 Å². The molecule has 3 aromatic rings. The molecule has 3 nitrogen and oxygen atoms in total. The number of hydrogen-bond acceptors (Lipinski definition) is 3. The second-order valence-electron chi connectivity index (χ2n) is 7.60. The summed E-state index contributed by atoms with van der Waals surface area (Å²) >= 11 is 0. The molecule has 0 bridgehead atoms. The van der Waals surface area contributed by atoms with E-state index in [0.29, 0.717) is 0 Å². The summed E-state index contributed by atoms with van der Waals surface area (Å²) in [5.74, 6) is -0.387. The van der Waals surface area contributed by atoms with Gasteiger partial charge in [-0.3, -0.25) is 0 Å². The lowest BCUT2D eigenvalue weighted by Gasteiger charge is -2.30. The van der Waals surface area contributed by atoms with E-state index in [9.17, 15) is 4.79 Å². The SMILES string of the molecule is C=C[C@H](CCCCC)OC(=O)[C@@](C)(OC)c1cc2ccccc2c2ccccc12. The van der Waals surface area contributed by atoms with Crippen molar-refractivity contribution in [3.05, 3.63) is 72.8 Å². The van der Waals surface area contributed by atoms with E-state index < -0.39 is 5.60 Å². The van der Waals surface area contributed by atoms with Crippen LogP contribution < -0.4 is 0 Å². The minimum Gasteiger partial charge on any atom is -0.456 e. The molecule has 29 heavy (non-hydrogen) atoms. The quantitative estimate of drug-likeness (QED) is 0.180. The highest BCUT2D eigenvalue weighted by Crippen LogP contribution is 2.37. The average molecular weight is 391 g/mol. The van der Waals surface area contributed by atoms with Crippen molar-refractivity contribution in [2.75, 3.05) is 7.11 Å². The molecule has 0 aliphatic heterocycles. The van der Waals surface area contributed by atoms with Crippen molar-refractivity contribution in [1.82, 2.24) is 0 Å². The van der Waals surface area contributed by atoms with Crippen LogP contribution in [0.1, 0.15) is 45.1 Å². The molecule has 0 radical (unpaired) electrons. The first-order chi connectivity index (χ1) is 14.0. The van der Waals surface area contributed by atoms with Crippen molar-refractivity contribution in [2.45, 2.75) is 51.2 Å². The Morgan fingerprint density at radius 3 is 2.38 bits per heavy atom. The lowest BCUT2D eigenvalue weighted by atomic mass is 9.87. The Morgan fingerprint density at radius 1 is 1.07 bits per heavy atom. The van der Waals surface area contributed by atoms with E-state index in [2.05, 4.69) is 31.7 Å². The van der Waals surface area contributed by atoms with Gasteiger partial charge in [0.1, 0.15) is 6.10 Å². The molecule has 0 saturated carbocycles. The molecule has 2 atom stereocenters. The van der Waals surface area contributed by atoms with Crippen molar-refractivity contribution in [3.8, 4) is 0 Å². The van der Waals surface area contributed by atoms with Crippen molar-refractivity contribution in [1.29, 1.82) is 0 Å². The predicted octanol–water partition coefficient (Wildman–Crippen LogP) is 6.53. The summed E-state index contributed by atoms with van der Waals surface area (Å²) in [6.07, 6.45) is 5.41. The number of fused-ring (bicyclic) bond motifs is 3. The standard InChI is InChI=1S/C26H30O3/c1-5-7-8-14-20(6-2)29-25(27)26(3,28-4)24-18-19-13-9-10-15-21(19)22-16-11-12-17-23(22)24/h6,9-13,15-18,20H,2,5,7-8,14H2,1,3-4H3/t20-,26+/m1/s1. The van der Waals surface area contributed by atoms with Crippen LogP contribution in [0.2, 0.25) is 0 Å². The zero-order valence-electron chi connectivity index (χ0n) is 17.6. The number of ether oxygens (including phenoxy) is 2. The first-order valence-electron chi connectivity index (χ1n) is 10.3. The van der Waals surface area contributed by atoms with Gasteiger partial charge in [-0.05, 0) is 47.4 Å². The minimum atomic E-state index is -1.21. The van der Waals surface area contributed by atoms with E-state index in [0.717, 1.165) is 52.8 Å². The number of unbranched alkanes of at least 4 members (excludes halogenated alkanes) is 2. The molecule has 3 heteroatoms. The molecule has 0 fully saturated rings. The van der Waals surface area contributed by atoms with Crippen LogP contribution in [-0.4, -0.2) is 19.2 Å². The van der Waals surface area contributed by atoms with Gasteiger partial charge < -0.3 is 9.47 Å². The van der Waals surface area contributed by atoms with Gasteiger partial charge in [0.2, 0.25) is 0 Å². The minimum absolute atomic E-state index is 0.310. The number of carbonyl (C=O) groups is 1. The van der Waals surface area contributed by atoms with Gasteiger partial charge in [-0.25, -0.2) is 4.79 Å². The summed E-state index contributed by atoms with van der Waals surface area (Å²) in [7, 11) is 1.56. The Morgan fingerprint density at radius 2 is 1.72 bits per heavy atom. The maximum atomic E-state index is 13.3. The van der Waals surface area contributed by atoms with Crippen LogP contribution in [0.25, 0.3) is 21.5 Å². The third-order valence-corrected chi connectivity index (χ3v) is 5.69. The molecule has 0 N–H and O–H groups in total. The molecule has 3 rings (SSSR count). The normalized spacial score (nSPS) is 14.4. The summed E-state index contributed by atoms with van der Waals surface area (Å²) < 4.78 is 11.6. The second-order valence-corrected chi connectivity index (χ2v) is 7.60. The lowest BCUT2D eigenvalue weighted by Crippen LogP contribution is -2.38. The molecule has 0 saturated heterocycles. The summed E-state index contributed by atoms with van der Waals surface area (Å²) in [6, 6.07) is 18.4. The summed E-state index contributed by atoms with van der Waals surface area (Å²) in [4.78, 5) is 13.3. The van der Waals surface area contributed by atoms with Gasteiger partial charge in [0.25, 0.3) is 0 Å². The van der Waals surface area contributed by atoms with E-state index in [1.165, 1.54) is 0 Å². The molecule has 0 amide bonds. The van der Waals surface area contributed by atoms with Gasteiger partial charge in [0.15, 0.2) is 5.60 Å². The number of methoxy groups -OCH3 is 1. The van der Waals surface area contributed by atoms with Crippen molar-refractivity contribution >= 4 is 27.5 Å². The number of carbonyl (C=O) groups excluding carboxylic acids is 1. The fourth-order valence-corrected chi connectivity index (χ4v) is 3.82. The van der Waals surface area contributed by atoms with Crippen LogP contribution in [0.4, 0.5) is 0 Å². The van der Waals surface area contributed by atoms with E-state index >= 15 is 0 Å². The van der Waals surface area contributed by atoms with Crippen LogP contribution >= 0.6 is 0 Å². The number of benzene rings is 3. The smallest absolute Gasteiger partial charge is 0.343 e. The topological polar surface area (TPSA) is 35.5 Å². The molecule has 0 aliphatic rings.